The van der Waals surface area contributed by atoms with E-state index < -0.39 is 10.0 Å². The van der Waals surface area contributed by atoms with Crippen LogP contribution in [0.25, 0.3) is 0 Å². The van der Waals surface area contributed by atoms with E-state index in [4.69, 9.17) is 10.5 Å². The Labute approximate surface area is 125 Å². The number of aryl methyl sites for hydroxylation is 1. The molecule has 2 heterocycles. The highest BCUT2D eigenvalue weighted by atomic mass is 32.2. The molecule has 120 valence electrons. The summed E-state index contributed by atoms with van der Waals surface area (Å²) in [5.74, 6) is 0.0462. The predicted octanol–water partition coefficient (Wildman–Crippen LogP) is 1.11. The molecule has 0 amide bonds. The molecule has 1 aliphatic heterocycles. The summed E-state index contributed by atoms with van der Waals surface area (Å²) in [6.07, 6.45) is 6.43. The fourth-order valence-electron chi connectivity index (χ4n) is 2.44. The van der Waals surface area contributed by atoms with Crippen molar-refractivity contribution >= 4 is 15.8 Å². The van der Waals surface area contributed by atoms with Crippen LogP contribution in [0, 0.1) is 0 Å². The average molecular weight is 316 g/mol. The number of nitrogens with one attached hydrogen (secondary N) is 1. The van der Waals surface area contributed by atoms with Crippen LogP contribution in [0.2, 0.25) is 0 Å². The molecular formula is C13H24N4O3S. The van der Waals surface area contributed by atoms with Gasteiger partial charge in [-0.15, -0.1) is 0 Å². The zero-order valence-corrected chi connectivity index (χ0v) is 13.2. The van der Waals surface area contributed by atoms with E-state index >= 15 is 0 Å². The maximum atomic E-state index is 12.2. The van der Waals surface area contributed by atoms with Crippen LogP contribution in [0.5, 0.6) is 0 Å². The number of nitrogens with two attached hydrogens (primary N) is 1. The van der Waals surface area contributed by atoms with Crippen LogP contribution < -0.4 is 10.5 Å². The van der Waals surface area contributed by atoms with Gasteiger partial charge in [-0.2, -0.15) is 5.10 Å². The molecule has 1 aromatic rings. The molecule has 1 unspecified atom stereocenters. The Kier molecular flexibility index (Phi) is 5.60. The molecular weight excluding hydrogens is 292 g/mol. The van der Waals surface area contributed by atoms with Gasteiger partial charge in [0, 0.05) is 25.9 Å². The van der Waals surface area contributed by atoms with Crippen molar-refractivity contribution in [2.45, 2.75) is 56.6 Å². The quantitative estimate of drug-likeness (QED) is 0.785. The van der Waals surface area contributed by atoms with Gasteiger partial charge in [-0.3, -0.25) is 4.68 Å². The molecule has 0 radical (unpaired) electrons. The standard InChI is InChI=1S/C13H24N4O3S/c1-2-8-17-10-12(13(14)16-17)21(18,19)15-7-6-11-5-3-4-9-20-11/h10-11,15H,2-9H2,1H3,(H2,14,16). The van der Waals surface area contributed by atoms with Crippen molar-refractivity contribution in [1.29, 1.82) is 0 Å². The van der Waals surface area contributed by atoms with Crippen molar-refractivity contribution in [2.75, 3.05) is 18.9 Å². The van der Waals surface area contributed by atoms with Gasteiger partial charge < -0.3 is 10.5 Å². The number of nitrogen functional groups attached to an aromatic ring is 1. The first-order valence-corrected chi connectivity index (χ1v) is 8.95. The largest absolute Gasteiger partial charge is 0.381 e. The second-order valence-electron chi connectivity index (χ2n) is 5.32. The molecule has 1 fully saturated rings. The summed E-state index contributed by atoms with van der Waals surface area (Å²) in [5.41, 5.74) is 5.70. The summed E-state index contributed by atoms with van der Waals surface area (Å²) in [7, 11) is -3.60. The van der Waals surface area contributed by atoms with E-state index in [9.17, 15) is 8.42 Å². The summed E-state index contributed by atoms with van der Waals surface area (Å²) in [6.45, 7) is 3.77. The van der Waals surface area contributed by atoms with Gasteiger partial charge in [-0.05, 0) is 32.1 Å². The van der Waals surface area contributed by atoms with Crippen molar-refractivity contribution in [3.05, 3.63) is 6.20 Å². The Bertz CT molecular complexity index is 550. The molecule has 1 saturated heterocycles. The van der Waals surface area contributed by atoms with Crippen molar-refractivity contribution in [1.82, 2.24) is 14.5 Å². The lowest BCUT2D eigenvalue weighted by Gasteiger charge is -2.22. The maximum Gasteiger partial charge on any atom is 0.245 e. The van der Waals surface area contributed by atoms with Gasteiger partial charge >= 0.3 is 0 Å². The third-order valence-electron chi connectivity index (χ3n) is 3.53. The first-order chi connectivity index (χ1) is 10.0. The van der Waals surface area contributed by atoms with Gasteiger partial charge in [0.25, 0.3) is 0 Å². The van der Waals surface area contributed by atoms with Gasteiger partial charge in [-0.1, -0.05) is 6.92 Å². The minimum atomic E-state index is -3.60. The summed E-state index contributed by atoms with van der Waals surface area (Å²) in [6, 6.07) is 0. The van der Waals surface area contributed by atoms with Crippen LogP contribution in [-0.4, -0.2) is 37.5 Å². The van der Waals surface area contributed by atoms with E-state index in [1.807, 2.05) is 6.92 Å². The maximum absolute atomic E-state index is 12.2. The fraction of sp³-hybridized carbons (Fsp3) is 0.769. The van der Waals surface area contributed by atoms with Crippen LogP contribution in [0.15, 0.2) is 11.1 Å². The number of aromatic nitrogens is 2. The topological polar surface area (TPSA) is 99.2 Å². The Morgan fingerprint density at radius 1 is 1.52 bits per heavy atom. The number of ether oxygens (including phenoxy) is 1. The molecule has 2 rings (SSSR count). The second-order valence-corrected chi connectivity index (χ2v) is 7.05. The number of sulfonamides is 1. The first-order valence-electron chi connectivity index (χ1n) is 7.47. The third kappa shape index (κ3) is 4.42. The molecule has 0 spiro atoms. The van der Waals surface area contributed by atoms with Crippen molar-refractivity contribution < 1.29 is 13.2 Å². The van der Waals surface area contributed by atoms with Crippen molar-refractivity contribution in [3.8, 4) is 0 Å². The van der Waals surface area contributed by atoms with E-state index in [0.717, 1.165) is 32.3 Å². The molecule has 3 N–H and O–H groups in total. The minimum Gasteiger partial charge on any atom is -0.381 e. The monoisotopic (exact) mass is 316 g/mol. The zero-order valence-electron chi connectivity index (χ0n) is 12.4. The van der Waals surface area contributed by atoms with Crippen LogP contribution in [0.1, 0.15) is 39.0 Å². The minimum absolute atomic E-state index is 0.0462. The molecule has 7 nitrogen and oxygen atoms in total. The Morgan fingerprint density at radius 2 is 2.33 bits per heavy atom. The van der Waals surface area contributed by atoms with Gasteiger partial charge in [0.05, 0.1) is 6.10 Å². The van der Waals surface area contributed by atoms with E-state index in [-0.39, 0.29) is 16.8 Å². The smallest absolute Gasteiger partial charge is 0.245 e. The molecule has 1 aromatic heterocycles. The lowest BCUT2D eigenvalue weighted by Crippen LogP contribution is -2.29. The summed E-state index contributed by atoms with van der Waals surface area (Å²) < 4.78 is 34.2. The Morgan fingerprint density at radius 3 is 3.00 bits per heavy atom. The molecule has 0 bridgehead atoms. The fourth-order valence-corrected chi connectivity index (χ4v) is 3.55. The Balaban J connectivity index is 1.91. The number of hydrogen-bond acceptors (Lipinski definition) is 5. The van der Waals surface area contributed by atoms with Gasteiger partial charge in [-0.25, -0.2) is 13.1 Å². The molecule has 1 atom stereocenters. The normalized spacial score (nSPS) is 19.8. The molecule has 0 aliphatic carbocycles. The highest BCUT2D eigenvalue weighted by Crippen LogP contribution is 2.18. The number of rotatable bonds is 7. The van der Waals surface area contributed by atoms with E-state index in [1.165, 1.54) is 6.20 Å². The summed E-state index contributed by atoms with van der Waals surface area (Å²) in [5, 5.41) is 4.02. The highest BCUT2D eigenvalue weighted by molar-refractivity contribution is 7.89. The van der Waals surface area contributed by atoms with Crippen LogP contribution in [0.3, 0.4) is 0 Å². The molecule has 0 aromatic carbocycles. The zero-order chi connectivity index (χ0) is 15.3. The van der Waals surface area contributed by atoms with E-state index in [1.54, 1.807) is 4.68 Å². The molecule has 21 heavy (non-hydrogen) atoms. The Hall–Kier alpha value is -1.12. The highest BCUT2D eigenvalue weighted by Gasteiger charge is 2.21. The number of anilines is 1. The second kappa shape index (κ2) is 7.24. The van der Waals surface area contributed by atoms with Crippen LogP contribution in [-0.2, 0) is 21.3 Å². The average Bonchev–Trinajstić information content (AvgIpc) is 2.82. The predicted molar refractivity (Wildman–Crippen MR) is 80.3 cm³/mol. The van der Waals surface area contributed by atoms with E-state index in [2.05, 4.69) is 9.82 Å². The van der Waals surface area contributed by atoms with E-state index in [0.29, 0.717) is 19.5 Å². The van der Waals surface area contributed by atoms with Gasteiger partial charge in [0.2, 0.25) is 10.0 Å². The molecule has 0 saturated carbocycles. The SMILES string of the molecule is CCCn1cc(S(=O)(=O)NCCC2CCCCO2)c(N)n1. The molecule has 1 aliphatic rings. The van der Waals surface area contributed by atoms with Crippen LogP contribution in [0.4, 0.5) is 5.82 Å². The number of nitrogens with zero attached hydrogens (tertiary/aromatic N) is 2. The van der Waals surface area contributed by atoms with Crippen LogP contribution >= 0.6 is 0 Å². The van der Waals surface area contributed by atoms with Crippen molar-refractivity contribution in [3.63, 3.8) is 0 Å². The lowest BCUT2D eigenvalue weighted by molar-refractivity contribution is 0.0123. The first kappa shape index (κ1) is 16.3. The number of hydrogen-bond donors (Lipinski definition) is 2. The van der Waals surface area contributed by atoms with Gasteiger partial charge in [0.15, 0.2) is 5.82 Å². The van der Waals surface area contributed by atoms with Crippen molar-refractivity contribution in [2.24, 2.45) is 0 Å². The van der Waals surface area contributed by atoms with Gasteiger partial charge in [0.1, 0.15) is 4.90 Å². The molecule has 8 heteroatoms. The summed E-state index contributed by atoms with van der Waals surface area (Å²) >= 11 is 0. The third-order valence-corrected chi connectivity index (χ3v) is 5.01. The lowest BCUT2D eigenvalue weighted by atomic mass is 10.1. The summed E-state index contributed by atoms with van der Waals surface area (Å²) in [4.78, 5) is 0.0560.